The smallest absolute Gasteiger partial charge is 0.340 e. The van der Waals surface area contributed by atoms with Crippen molar-refractivity contribution in [2.24, 2.45) is 15.4 Å². The third-order valence-electron chi connectivity index (χ3n) is 4.29. The van der Waals surface area contributed by atoms with Gasteiger partial charge in [0.1, 0.15) is 11.4 Å². The number of aromatic nitrogens is 1. The van der Waals surface area contributed by atoms with Crippen molar-refractivity contribution < 1.29 is 23.1 Å². The number of fused-ring (bicyclic) bond motifs is 2. The van der Waals surface area contributed by atoms with Gasteiger partial charge in [-0.2, -0.15) is 0 Å². The number of primary sulfonamides is 1. The minimum absolute atomic E-state index is 0.0222. The number of benzene rings is 2. The Morgan fingerprint density at radius 1 is 1.23 bits per heavy atom. The predicted molar refractivity (Wildman–Crippen MR) is 119 cm³/mol. The highest BCUT2D eigenvalue weighted by Crippen LogP contribution is 2.42. The predicted octanol–water partition coefficient (Wildman–Crippen LogP) is 4.76. The van der Waals surface area contributed by atoms with E-state index < -0.39 is 16.0 Å². The van der Waals surface area contributed by atoms with Crippen LogP contribution in [-0.4, -0.2) is 31.1 Å². The molecule has 3 N–H and O–H groups in total. The maximum atomic E-state index is 12.4. The molecule has 0 fully saturated rings. The molecule has 4 aromatic rings. The molecule has 0 aliphatic carbocycles. The number of aromatic hydroxyl groups is 1. The van der Waals surface area contributed by atoms with Crippen molar-refractivity contribution in [1.82, 2.24) is 4.98 Å². The number of nitrogens with zero attached hydrogens (tertiary/aromatic N) is 3. The van der Waals surface area contributed by atoms with Gasteiger partial charge in [0, 0.05) is 10.3 Å². The molecule has 9 nitrogen and oxygen atoms in total. The molecule has 0 aliphatic heterocycles. The molecule has 0 amide bonds. The number of phenolic OH excluding ortho intramolecular Hbond substituents is 1. The van der Waals surface area contributed by atoms with Crippen molar-refractivity contribution in [3.8, 4) is 5.75 Å². The zero-order valence-electron chi connectivity index (χ0n) is 16.3. The highest BCUT2D eigenvalue weighted by molar-refractivity contribution is 7.89. The number of ether oxygens (including phenoxy) is 1. The normalized spacial score (nSPS) is 12.2. The number of hydrogen-bond acceptors (Lipinski definition) is 10. The number of azo groups is 1. The minimum atomic E-state index is -3.84. The van der Waals surface area contributed by atoms with Crippen molar-refractivity contribution in [1.29, 1.82) is 0 Å². The van der Waals surface area contributed by atoms with Crippen molar-refractivity contribution in [2.45, 2.75) is 18.7 Å². The zero-order valence-corrected chi connectivity index (χ0v) is 18.8. The number of sulfonamides is 1. The van der Waals surface area contributed by atoms with Crippen LogP contribution >= 0.6 is 22.7 Å². The summed E-state index contributed by atoms with van der Waals surface area (Å²) in [6, 6.07) is 7.45. The van der Waals surface area contributed by atoms with E-state index in [1.54, 1.807) is 13.0 Å². The largest absolute Gasteiger partial charge is 0.507 e. The number of carbonyl (C=O) groups excluding carboxylic acids is 1. The fraction of sp³-hybridized carbons (Fsp3) is 0.158. The van der Waals surface area contributed by atoms with Gasteiger partial charge in [-0.15, -0.1) is 21.6 Å². The summed E-state index contributed by atoms with van der Waals surface area (Å²) in [5.74, 6) is -0.668. The Morgan fingerprint density at radius 2 is 2.00 bits per heavy atom. The van der Waals surface area contributed by atoms with Crippen LogP contribution in [0, 0.1) is 6.92 Å². The van der Waals surface area contributed by atoms with E-state index in [0.29, 0.717) is 20.3 Å². The zero-order chi connectivity index (χ0) is 22.3. The van der Waals surface area contributed by atoms with Crippen molar-refractivity contribution in [3.05, 3.63) is 40.8 Å². The average Bonchev–Trinajstić information content (AvgIpc) is 3.29. The maximum absolute atomic E-state index is 12.4. The number of nitrogens with two attached hydrogens (primary N) is 1. The Balaban J connectivity index is 1.82. The summed E-state index contributed by atoms with van der Waals surface area (Å²) < 4.78 is 29.4. The number of thiophene rings is 1. The lowest BCUT2D eigenvalue weighted by molar-refractivity contribution is 0.0527. The topological polar surface area (TPSA) is 144 Å². The standard InChI is InChI=1S/C19H16N4O5S3/c1-3-28-18(25)12-8-14(24)11-6-9(2)29-17(11)16(12)22-23-19-21-13-5-4-10(31(20,26)27)7-15(13)30-19/h4-8,24H,3H2,1-2H3,(H2,20,26,27)/b23-22+. The Morgan fingerprint density at radius 3 is 2.71 bits per heavy atom. The Hall–Kier alpha value is -2.93. The number of thiazole rings is 1. The molecule has 0 saturated heterocycles. The van der Waals surface area contributed by atoms with Crippen LogP contribution in [0.5, 0.6) is 5.75 Å². The summed E-state index contributed by atoms with van der Waals surface area (Å²) in [7, 11) is -3.84. The Kier molecular flexibility index (Phi) is 5.47. The highest BCUT2D eigenvalue weighted by Gasteiger charge is 2.21. The SMILES string of the molecule is CCOC(=O)c1cc(O)c2cc(C)sc2c1/N=N/c1nc2ccc(S(N)(=O)=O)cc2s1. The molecule has 0 unspecified atom stereocenters. The number of esters is 1. The van der Waals surface area contributed by atoms with Crippen LogP contribution in [0.1, 0.15) is 22.2 Å². The van der Waals surface area contributed by atoms with Gasteiger partial charge in [0.2, 0.25) is 15.2 Å². The Bertz CT molecular complexity index is 1470. The van der Waals surface area contributed by atoms with Crippen LogP contribution in [0.25, 0.3) is 20.3 Å². The summed E-state index contributed by atoms with van der Waals surface area (Å²) in [4.78, 5) is 17.7. The molecule has 0 radical (unpaired) electrons. The highest BCUT2D eigenvalue weighted by atomic mass is 32.2. The van der Waals surface area contributed by atoms with E-state index >= 15 is 0 Å². The van der Waals surface area contributed by atoms with Crippen LogP contribution in [0.2, 0.25) is 0 Å². The first-order valence-electron chi connectivity index (χ1n) is 8.95. The molecule has 0 bridgehead atoms. The fourth-order valence-corrected chi connectivity index (χ4v) is 5.42. The molecule has 31 heavy (non-hydrogen) atoms. The van der Waals surface area contributed by atoms with Crippen LogP contribution in [0.4, 0.5) is 10.8 Å². The molecule has 12 heteroatoms. The molecule has 2 aromatic carbocycles. The van der Waals surface area contributed by atoms with Crippen molar-refractivity contribution >= 4 is 69.8 Å². The molecular weight excluding hydrogens is 460 g/mol. The summed E-state index contributed by atoms with van der Waals surface area (Å²) in [5, 5.41) is 24.8. The number of rotatable bonds is 5. The quantitative estimate of drug-likeness (QED) is 0.314. The van der Waals surface area contributed by atoms with E-state index in [1.165, 1.54) is 35.6 Å². The third kappa shape index (κ3) is 4.14. The summed E-state index contributed by atoms with van der Waals surface area (Å²) >= 11 is 2.50. The van der Waals surface area contributed by atoms with E-state index in [0.717, 1.165) is 16.2 Å². The summed E-state index contributed by atoms with van der Waals surface area (Å²) in [6.45, 7) is 3.73. The Labute approximate surface area is 184 Å². The number of carbonyl (C=O) groups is 1. The van der Waals surface area contributed by atoms with Gasteiger partial charge in [0.25, 0.3) is 0 Å². The first-order chi connectivity index (χ1) is 14.7. The first-order valence-corrected chi connectivity index (χ1v) is 12.1. The molecule has 2 heterocycles. The molecule has 2 aromatic heterocycles. The third-order valence-corrected chi connectivity index (χ3v) is 7.16. The van der Waals surface area contributed by atoms with Crippen LogP contribution in [0.3, 0.4) is 0 Å². The lowest BCUT2D eigenvalue weighted by Gasteiger charge is -2.07. The summed E-state index contributed by atoms with van der Waals surface area (Å²) in [5.41, 5.74) is 0.906. The summed E-state index contributed by atoms with van der Waals surface area (Å²) in [6.07, 6.45) is 0. The molecule has 4 rings (SSSR count). The van der Waals surface area contributed by atoms with Gasteiger partial charge in [-0.25, -0.2) is 23.3 Å². The second kappa shape index (κ2) is 7.96. The van der Waals surface area contributed by atoms with Gasteiger partial charge in [-0.05, 0) is 44.2 Å². The van der Waals surface area contributed by atoms with Gasteiger partial charge < -0.3 is 9.84 Å². The van der Waals surface area contributed by atoms with E-state index in [2.05, 4.69) is 15.2 Å². The average molecular weight is 477 g/mol. The molecule has 0 atom stereocenters. The molecule has 0 saturated carbocycles. The maximum Gasteiger partial charge on any atom is 0.340 e. The second-order valence-electron chi connectivity index (χ2n) is 6.48. The molecule has 160 valence electrons. The molecule has 0 spiro atoms. The van der Waals surface area contributed by atoms with E-state index in [1.807, 2.05) is 6.92 Å². The number of aryl methyl sites for hydroxylation is 1. The van der Waals surface area contributed by atoms with E-state index in [9.17, 15) is 18.3 Å². The van der Waals surface area contributed by atoms with E-state index in [4.69, 9.17) is 9.88 Å². The van der Waals surface area contributed by atoms with Crippen molar-refractivity contribution in [2.75, 3.05) is 6.61 Å². The van der Waals surface area contributed by atoms with Gasteiger partial charge in [-0.3, -0.25) is 0 Å². The second-order valence-corrected chi connectivity index (χ2v) is 10.3. The molecular formula is C19H16N4O5S3. The van der Waals surface area contributed by atoms with Crippen LogP contribution < -0.4 is 5.14 Å². The number of phenols is 1. The van der Waals surface area contributed by atoms with Gasteiger partial charge in [0.15, 0.2) is 0 Å². The van der Waals surface area contributed by atoms with Gasteiger partial charge in [0.05, 0.1) is 32.0 Å². The van der Waals surface area contributed by atoms with Crippen LogP contribution in [-0.2, 0) is 14.8 Å². The monoisotopic (exact) mass is 476 g/mol. The first kappa shape index (κ1) is 21.3. The van der Waals surface area contributed by atoms with Gasteiger partial charge in [-0.1, -0.05) is 11.3 Å². The van der Waals surface area contributed by atoms with Crippen molar-refractivity contribution in [3.63, 3.8) is 0 Å². The minimum Gasteiger partial charge on any atom is -0.507 e. The van der Waals surface area contributed by atoms with Gasteiger partial charge >= 0.3 is 5.97 Å². The fourth-order valence-electron chi connectivity index (χ4n) is 2.95. The lowest BCUT2D eigenvalue weighted by atomic mass is 10.1. The van der Waals surface area contributed by atoms with E-state index in [-0.39, 0.29) is 33.6 Å². The van der Waals surface area contributed by atoms with Crippen LogP contribution in [0.15, 0.2) is 45.5 Å². The molecule has 0 aliphatic rings. The number of hydrogen-bond donors (Lipinski definition) is 2. The lowest BCUT2D eigenvalue weighted by Crippen LogP contribution is -2.11.